The van der Waals surface area contributed by atoms with E-state index >= 15 is 0 Å². The third-order valence-electron chi connectivity index (χ3n) is 2.90. The number of benzene rings is 2. The first-order valence-electron chi connectivity index (χ1n) is 6.11. The van der Waals surface area contributed by atoms with Crippen LogP contribution in [0.4, 0.5) is 0 Å². The van der Waals surface area contributed by atoms with E-state index < -0.39 is 0 Å². The van der Waals surface area contributed by atoms with E-state index in [4.69, 9.17) is 4.74 Å². The van der Waals surface area contributed by atoms with Gasteiger partial charge in [0, 0.05) is 0 Å². The maximum absolute atomic E-state index is 11.2. The molecule has 0 N–H and O–H groups in total. The zero-order chi connectivity index (χ0) is 13.7. The molecule has 1 atom stereocenters. The molecule has 2 aromatic rings. The molecule has 0 saturated carbocycles. The lowest BCUT2D eigenvalue weighted by atomic mass is 10.0. The topological polar surface area (TPSA) is 26.3 Å². The van der Waals surface area contributed by atoms with Crippen LogP contribution in [0.2, 0.25) is 0 Å². The maximum Gasteiger partial charge on any atom is 0.317 e. The second-order valence-corrected chi connectivity index (χ2v) is 4.81. The fourth-order valence-electron chi connectivity index (χ4n) is 1.87. The summed E-state index contributed by atoms with van der Waals surface area (Å²) in [6.07, 6.45) is -0.227. The Morgan fingerprint density at radius 3 is 2.21 bits per heavy atom. The number of alkyl halides is 1. The Bertz CT molecular complexity index is 534. The minimum atomic E-state index is -0.250. The molecule has 0 aliphatic carbocycles. The summed E-state index contributed by atoms with van der Waals surface area (Å²) >= 11 is 3.08. The van der Waals surface area contributed by atoms with Gasteiger partial charge in [0.05, 0.1) is 0 Å². The number of rotatable bonds is 4. The van der Waals surface area contributed by atoms with Crippen molar-refractivity contribution in [3.05, 3.63) is 60.2 Å². The molecule has 3 heteroatoms. The van der Waals surface area contributed by atoms with Crippen molar-refractivity contribution >= 4 is 21.9 Å². The van der Waals surface area contributed by atoms with E-state index in [1.165, 1.54) is 5.56 Å². The van der Waals surface area contributed by atoms with Crippen molar-refractivity contribution < 1.29 is 9.53 Å². The van der Waals surface area contributed by atoms with Gasteiger partial charge in [-0.05, 0) is 23.6 Å². The minimum Gasteiger partial charge on any atom is -0.457 e. The fraction of sp³-hybridized carbons (Fsp3) is 0.188. The van der Waals surface area contributed by atoms with Crippen molar-refractivity contribution in [2.75, 3.05) is 5.33 Å². The average Bonchev–Trinajstić information content (AvgIpc) is 2.48. The summed E-state index contributed by atoms with van der Waals surface area (Å²) in [4.78, 5) is 11.2. The van der Waals surface area contributed by atoms with Crippen LogP contribution < -0.4 is 0 Å². The molecule has 0 heterocycles. The number of ether oxygens (including phenoxy) is 1. The number of halogens is 1. The summed E-state index contributed by atoms with van der Waals surface area (Å²) in [6.45, 7) is 1.87. The standard InChI is InChI=1S/C16H15BrO2/c1-12(19-16(18)11-17)13-7-9-15(10-8-13)14-5-3-2-4-6-14/h2-10,12H,11H2,1H3. The predicted octanol–water partition coefficient (Wildman–Crippen LogP) is 4.35. The molecule has 2 aromatic carbocycles. The minimum absolute atomic E-state index is 0.222. The summed E-state index contributed by atoms with van der Waals surface area (Å²) in [5.41, 5.74) is 3.33. The molecular weight excluding hydrogens is 304 g/mol. The Morgan fingerprint density at radius 1 is 1.05 bits per heavy atom. The largest absolute Gasteiger partial charge is 0.457 e. The van der Waals surface area contributed by atoms with Crippen LogP contribution in [0.25, 0.3) is 11.1 Å². The first-order chi connectivity index (χ1) is 9.20. The van der Waals surface area contributed by atoms with Gasteiger partial charge in [-0.2, -0.15) is 0 Å². The van der Waals surface area contributed by atoms with Crippen LogP contribution in [-0.4, -0.2) is 11.3 Å². The highest BCUT2D eigenvalue weighted by Gasteiger charge is 2.10. The lowest BCUT2D eigenvalue weighted by Crippen LogP contribution is -2.09. The molecule has 0 spiro atoms. The van der Waals surface area contributed by atoms with Crippen molar-refractivity contribution in [3.8, 4) is 11.1 Å². The van der Waals surface area contributed by atoms with Crippen molar-refractivity contribution in [3.63, 3.8) is 0 Å². The highest BCUT2D eigenvalue weighted by molar-refractivity contribution is 9.09. The molecular formula is C16H15BrO2. The van der Waals surface area contributed by atoms with E-state index in [-0.39, 0.29) is 17.4 Å². The lowest BCUT2D eigenvalue weighted by Gasteiger charge is -2.13. The van der Waals surface area contributed by atoms with Gasteiger partial charge in [-0.3, -0.25) is 4.79 Å². The van der Waals surface area contributed by atoms with Gasteiger partial charge in [-0.25, -0.2) is 0 Å². The number of esters is 1. The number of hydrogen-bond donors (Lipinski definition) is 0. The summed E-state index contributed by atoms with van der Waals surface area (Å²) in [5.74, 6) is -0.250. The van der Waals surface area contributed by atoms with E-state index in [9.17, 15) is 4.79 Å². The second-order valence-electron chi connectivity index (χ2n) is 4.25. The Hall–Kier alpha value is -1.61. The van der Waals surface area contributed by atoms with Crippen molar-refractivity contribution in [1.82, 2.24) is 0 Å². The van der Waals surface area contributed by atoms with Crippen molar-refractivity contribution in [2.45, 2.75) is 13.0 Å². The Kier molecular flexibility index (Phi) is 4.74. The molecule has 0 aliphatic heterocycles. The fourth-order valence-corrected chi connectivity index (χ4v) is 2.01. The van der Waals surface area contributed by atoms with Crippen LogP contribution in [0.1, 0.15) is 18.6 Å². The normalized spacial score (nSPS) is 11.9. The number of carbonyl (C=O) groups excluding carboxylic acids is 1. The Morgan fingerprint density at radius 2 is 1.63 bits per heavy atom. The summed E-state index contributed by atoms with van der Waals surface area (Å²) < 4.78 is 5.25. The first-order valence-corrected chi connectivity index (χ1v) is 7.23. The molecule has 0 fully saturated rings. The summed E-state index contributed by atoms with van der Waals surface area (Å²) in [6, 6.07) is 18.3. The number of carbonyl (C=O) groups is 1. The molecule has 0 aromatic heterocycles. The second kappa shape index (κ2) is 6.53. The third-order valence-corrected chi connectivity index (χ3v) is 3.36. The molecule has 0 amide bonds. The van der Waals surface area contributed by atoms with E-state index in [1.807, 2.05) is 49.4 Å². The van der Waals surface area contributed by atoms with E-state index in [0.717, 1.165) is 11.1 Å². The molecule has 0 bridgehead atoms. The van der Waals surface area contributed by atoms with Crippen LogP contribution >= 0.6 is 15.9 Å². The van der Waals surface area contributed by atoms with Crippen LogP contribution in [0.3, 0.4) is 0 Å². The molecule has 0 aliphatic rings. The van der Waals surface area contributed by atoms with Crippen molar-refractivity contribution in [2.24, 2.45) is 0 Å². The monoisotopic (exact) mass is 318 g/mol. The van der Waals surface area contributed by atoms with Gasteiger partial charge in [-0.1, -0.05) is 70.5 Å². The van der Waals surface area contributed by atoms with Gasteiger partial charge in [0.25, 0.3) is 0 Å². The molecule has 19 heavy (non-hydrogen) atoms. The van der Waals surface area contributed by atoms with E-state index in [2.05, 4.69) is 28.1 Å². The zero-order valence-corrected chi connectivity index (χ0v) is 12.3. The highest BCUT2D eigenvalue weighted by atomic mass is 79.9. The van der Waals surface area contributed by atoms with Crippen LogP contribution in [0, 0.1) is 0 Å². The van der Waals surface area contributed by atoms with Gasteiger partial charge in [0.2, 0.25) is 0 Å². The SMILES string of the molecule is CC(OC(=O)CBr)c1ccc(-c2ccccc2)cc1. The van der Waals surface area contributed by atoms with Gasteiger partial charge < -0.3 is 4.74 Å². The Labute approximate surface area is 121 Å². The van der Waals surface area contributed by atoms with E-state index in [1.54, 1.807) is 0 Å². The quantitative estimate of drug-likeness (QED) is 0.618. The predicted molar refractivity (Wildman–Crippen MR) is 80.2 cm³/mol. The van der Waals surface area contributed by atoms with Crippen LogP contribution in [0.5, 0.6) is 0 Å². The Balaban J connectivity index is 2.12. The average molecular weight is 319 g/mol. The molecule has 2 nitrogen and oxygen atoms in total. The summed E-state index contributed by atoms with van der Waals surface area (Å²) in [5, 5.41) is 0.222. The molecule has 2 rings (SSSR count). The van der Waals surface area contributed by atoms with E-state index in [0.29, 0.717) is 0 Å². The molecule has 98 valence electrons. The van der Waals surface area contributed by atoms with Gasteiger partial charge in [-0.15, -0.1) is 0 Å². The van der Waals surface area contributed by atoms with Crippen LogP contribution in [0.15, 0.2) is 54.6 Å². The first kappa shape index (κ1) is 13.8. The summed E-state index contributed by atoms with van der Waals surface area (Å²) in [7, 11) is 0. The van der Waals surface area contributed by atoms with Gasteiger partial charge in [0.15, 0.2) is 0 Å². The zero-order valence-electron chi connectivity index (χ0n) is 10.7. The maximum atomic E-state index is 11.2. The molecule has 1 unspecified atom stereocenters. The number of hydrogen-bond acceptors (Lipinski definition) is 2. The molecule has 0 saturated heterocycles. The van der Waals surface area contributed by atoms with Gasteiger partial charge >= 0.3 is 5.97 Å². The highest BCUT2D eigenvalue weighted by Crippen LogP contribution is 2.23. The van der Waals surface area contributed by atoms with Gasteiger partial charge in [0.1, 0.15) is 11.4 Å². The third kappa shape index (κ3) is 3.67. The van der Waals surface area contributed by atoms with Crippen LogP contribution in [-0.2, 0) is 9.53 Å². The lowest BCUT2D eigenvalue weighted by molar-refractivity contribution is -0.145. The molecule has 0 radical (unpaired) electrons. The van der Waals surface area contributed by atoms with Crippen molar-refractivity contribution in [1.29, 1.82) is 0 Å². The smallest absolute Gasteiger partial charge is 0.317 e.